The molecule has 25 heavy (non-hydrogen) atoms. The predicted octanol–water partition coefficient (Wildman–Crippen LogP) is 3.44. The molecule has 0 unspecified atom stereocenters. The minimum Gasteiger partial charge on any atom is -0.503 e. The lowest BCUT2D eigenvalue weighted by molar-refractivity contribution is 0.288. The normalized spacial score (nSPS) is 10.8. The second kappa shape index (κ2) is 7.36. The predicted molar refractivity (Wildman–Crippen MR) is 99.3 cm³/mol. The molecule has 3 aromatic rings. The van der Waals surface area contributed by atoms with Crippen LogP contribution in [0.4, 0.5) is 0 Å². The maximum absolute atomic E-state index is 11.5. The van der Waals surface area contributed by atoms with Gasteiger partial charge in [-0.2, -0.15) is 0 Å². The highest BCUT2D eigenvalue weighted by atomic mass is 16.3. The third-order valence-corrected chi connectivity index (χ3v) is 4.25. The van der Waals surface area contributed by atoms with Crippen molar-refractivity contribution in [3.8, 4) is 22.6 Å². The lowest BCUT2D eigenvalue weighted by Crippen LogP contribution is -2.07. The molecule has 1 aromatic heterocycles. The van der Waals surface area contributed by atoms with E-state index in [0.717, 1.165) is 35.3 Å². The Morgan fingerprint density at radius 1 is 1.00 bits per heavy atom. The smallest absolute Gasteiger partial charge is 0.223 e. The van der Waals surface area contributed by atoms with Crippen molar-refractivity contribution >= 4 is 0 Å². The molecule has 2 aromatic carbocycles. The first-order valence-electron chi connectivity index (χ1n) is 8.31. The van der Waals surface area contributed by atoms with Crippen molar-refractivity contribution in [1.29, 1.82) is 0 Å². The van der Waals surface area contributed by atoms with Gasteiger partial charge < -0.3 is 14.8 Å². The Hall–Kier alpha value is -2.85. The number of aromatic nitrogens is 1. The summed E-state index contributed by atoms with van der Waals surface area (Å²) in [6.07, 6.45) is 3.07. The number of nitrogens with zero attached hydrogens (tertiary/aromatic N) is 1. The minimum atomic E-state index is -0.370. The van der Waals surface area contributed by atoms with Crippen LogP contribution >= 0.6 is 0 Å². The van der Waals surface area contributed by atoms with Gasteiger partial charge in [-0.15, -0.1) is 0 Å². The first-order valence-corrected chi connectivity index (χ1v) is 8.31. The average molecular weight is 335 g/mol. The molecule has 128 valence electrons. The summed E-state index contributed by atoms with van der Waals surface area (Å²) in [6, 6.07) is 17.7. The van der Waals surface area contributed by atoms with Crippen LogP contribution in [0.15, 0.2) is 65.6 Å². The number of pyridine rings is 1. The lowest BCUT2D eigenvalue weighted by Gasteiger charge is -2.12. The molecule has 0 amide bonds. The molecule has 0 aliphatic rings. The van der Waals surface area contributed by atoms with Gasteiger partial charge in [-0.3, -0.25) is 4.79 Å². The monoisotopic (exact) mass is 335 g/mol. The number of rotatable bonds is 5. The van der Waals surface area contributed by atoms with Gasteiger partial charge in [-0.25, -0.2) is 0 Å². The molecule has 0 aliphatic heterocycles. The summed E-state index contributed by atoms with van der Waals surface area (Å²) in [4.78, 5) is 11.5. The summed E-state index contributed by atoms with van der Waals surface area (Å²) in [7, 11) is 0. The summed E-state index contributed by atoms with van der Waals surface area (Å²) < 4.78 is 1.79. The van der Waals surface area contributed by atoms with E-state index in [1.54, 1.807) is 4.57 Å². The van der Waals surface area contributed by atoms with Crippen LogP contribution in [0.2, 0.25) is 0 Å². The number of benzene rings is 2. The third kappa shape index (κ3) is 3.80. The largest absolute Gasteiger partial charge is 0.503 e. The highest BCUT2D eigenvalue weighted by molar-refractivity contribution is 5.65. The van der Waals surface area contributed by atoms with Gasteiger partial charge in [0.2, 0.25) is 5.43 Å². The molecule has 0 saturated heterocycles. The quantitative estimate of drug-likeness (QED) is 0.751. The maximum atomic E-state index is 11.5. The fraction of sp³-hybridized carbons (Fsp3) is 0.190. The molecule has 0 spiro atoms. The van der Waals surface area contributed by atoms with Crippen molar-refractivity contribution < 1.29 is 10.2 Å². The maximum Gasteiger partial charge on any atom is 0.223 e. The summed E-state index contributed by atoms with van der Waals surface area (Å²) in [5, 5.41) is 18.6. The molecule has 2 N–H and O–H groups in total. The fourth-order valence-corrected chi connectivity index (χ4v) is 2.90. The van der Waals surface area contributed by atoms with Crippen LogP contribution in [-0.4, -0.2) is 21.4 Å². The first-order chi connectivity index (χ1) is 12.1. The van der Waals surface area contributed by atoms with E-state index in [1.807, 2.05) is 37.3 Å². The first kappa shape index (κ1) is 17.0. The van der Waals surface area contributed by atoms with Crippen LogP contribution < -0.4 is 5.43 Å². The van der Waals surface area contributed by atoms with Gasteiger partial charge in [-0.05, 0) is 48.6 Å². The van der Waals surface area contributed by atoms with Crippen molar-refractivity contribution in [3.05, 3.63) is 82.3 Å². The molecule has 4 heteroatoms. The van der Waals surface area contributed by atoms with E-state index in [4.69, 9.17) is 5.11 Å². The molecule has 0 bridgehead atoms. The third-order valence-electron chi connectivity index (χ3n) is 4.25. The molecular formula is C21H21NO3. The van der Waals surface area contributed by atoms with E-state index < -0.39 is 0 Å². The van der Waals surface area contributed by atoms with Crippen LogP contribution in [0.5, 0.6) is 5.75 Å². The van der Waals surface area contributed by atoms with Crippen molar-refractivity contribution in [2.75, 3.05) is 6.61 Å². The molecule has 0 radical (unpaired) electrons. The molecule has 1 heterocycles. The molecule has 0 saturated carbocycles. The SMILES string of the molecule is Cc1cc(=O)c(O)cn1-c1ccc(-c2cccc(CCCO)c2)cc1. The van der Waals surface area contributed by atoms with Crippen molar-refractivity contribution in [3.63, 3.8) is 0 Å². The Morgan fingerprint density at radius 3 is 2.48 bits per heavy atom. The Morgan fingerprint density at radius 2 is 1.76 bits per heavy atom. The molecule has 4 nitrogen and oxygen atoms in total. The minimum absolute atomic E-state index is 0.199. The van der Waals surface area contributed by atoms with Crippen molar-refractivity contribution in [2.45, 2.75) is 19.8 Å². The highest BCUT2D eigenvalue weighted by Gasteiger charge is 2.05. The van der Waals surface area contributed by atoms with Crippen molar-refractivity contribution in [2.24, 2.45) is 0 Å². The zero-order valence-electron chi connectivity index (χ0n) is 14.1. The van der Waals surface area contributed by atoms with Crippen LogP contribution in [0.1, 0.15) is 17.7 Å². The second-order valence-corrected chi connectivity index (χ2v) is 6.11. The zero-order valence-corrected chi connectivity index (χ0v) is 14.1. The topological polar surface area (TPSA) is 62.5 Å². The summed E-state index contributed by atoms with van der Waals surface area (Å²) in [6.45, 7) is 2.03. The molecule has 3 rings (SSSR count). The average Bonchev–Trinajstić information content (AvgIpc) is 2.63. The summed E-state index contributed by atoms with van der Waals surface area (Å²) >= 11 is 0. The Bertz CT molecular complexity index is 927. The van der Waals surface area contributed by atoms with Gasteiger partial charge >= 0.3 is 0 Å². The number of hydrogen-bond acceptors (Lipinski definition) is 3. The van der Waals surface area contributed by atoms with Crippen molar-refractivity contribution in [1.82, 2.24) is 4.57 Å². The van der Waals surface area contributed by atoms with Crippen LogP contribution in [0, 0.1) is 6.92 Å². The number of hydrogen-bond donors (Lipinski definition) is 2. The van der Waals surface area contributed by atoms with E-state index in [1.165, 1.54) is 17.8 Å². The Balaban J connectivity index is 1.90. The number of aryl methyl sites for hydroxylation is 2. The molecule has 0 fully saturated rings. The Kier molecular flexibility index (Phi) is 5.00. The van der Waals surface area contributed by atoms with Gasteiger partial charge in [0.25, 0.3) is 0 Å². The standard InChI is InChI=1S/C21H21NO3/c1-15-12-20(24)21(25)14-22(15)19-9-7-17(8-10-19)18-6-2-4-16(13-18)5-3-11-23/h2,4,6-10,12-14,23,25H,3,5,11H2,1H3. The fourth-order valence-electron chi connectivity index (χ4n) is 2.90. The highest BCUT2D eigenvalue weighted by Crippen LogP contribution is 2.23. The van der Waals surface area contributed by atoms with Crippen LogP contribution in [0.3, 0.4) is 0 Å². The van der Waals surface area contributed by atoms with Crippen LogP contribution in [-0.2, 0) is 6.42 Å². The summed E-state index contributed by atoms with van der Waals surface area (Å²) in [5.41, 5.74) is 4.70. The molecular weight excluding hydrogens is 314 g/mol. The van der Waals surface area contributed by atoms with Gasteiger partial charge in [0, 0.05) is 24.1 Å². The van der Waals surface area contributed by atoms with Crippen LogP contribution in [0.25, 0.3) is 16.8 Å². The van der Waals surface area contributed by atoms with Gasteiger partial charge in [-0.1, -0.05) is 36.4 Å². The lowest BCUT2D eigenvalue weighted by atomic mass is 10.0. The number of aromatic hydroxyl groups is 1. The van der Waals surface area contributed by atoms with E-state index in [9.17, 15) is 9.90 Å². The van der Waals surface area contributed by atoms with E-state index in [-0.39, 0.29) is 17.8 Å². The molecule has 0 atom stereocenters. The molecule has 0 aliphatic carbocycles. The second-order valence-electron chi connectivity index (χ2n) is 6.11. The summed E-state index contributed by atoms with van der Waals surface area (Å²) in [5.74, 6) is -0.258. The Labute approximate surface area is 146 Å². The number of aliphatic hydroxyl groups is 1. The van der Waals surface area contributed by atoms with Gasteiger partial charge in [0.05, 0.1) is 6.20 Å². The van der Waals surface area contributed by atoms with Gasteiger partial charge in [0.15, 0.2) is 5.75 Å². The van der Waals surface area contributed by atoms with E-state index >= 15 is 0 Å². The number of aliphatic hydroxyl groups excluding tert-OH is 1. The van der Waals surface area contributed by atoms with E-state index in [2.05, 4.69) is 18.2 Å². The van der Waals surface area contributed by atoms with E-state index in [0.29, 0.717) is 0 Å². The van der Waals surface area contributed by atoms with Gasteiger partial charge in [0.1, 0.15) is 0 Å². The zero-order chi connectivity index (χ0) is 17.8.